The fourth-order valence-corrected chi connectivity index (χ4v) is 3.17. The van der Waals surface area contributed by atoms with Gasteiger partial charge in [-0.15, -0.1) is 0 Å². The number of rotatable bonds is 5. The Balaban J connectivity index is 1.93. The maximum atomic E-state index is 5.90. The first-order chi connectivity index (χ1) is 9.85. The van der Waals surface area contributed by atoms with E-state index in [0.717, 1.165) is 42.9 Å². The van der Waals surface area contributed by atoms with E-state index >= 15 is 0 Å². The van der Waals surface area contributed by atoms with Gasteiger partial charge in [0.2, 0.25) is 0 Å². The number of ether oxygens (including phenoxy) is 1. The van der Waals surface area contributed by atoms with E-state index in [-0.39, 0.29) is 11.1 Å². The topological polar surface area (TPSA) is 24.5 Å². The van der Waals surface area contributed by atoms with Gasteiger partial charge in [0, 0.05) is 35.2 Å². The van der Waals surface area contributed by atoms with E-state index < -0.39 is 0 Å². The zero-order chi connectivity index (χ0) is 15.5. The zero-order valence-electron chi connectivity index (χ0n) is 13.6. The number of piperazine rings is 1. The highest BCUT2D eigenvalue weighted by molar-refractivity contribution is 9.10. The van der Waals surface area contributed by atoms with Gasteiger partial charge in [-0.05, 0) is 45.4 Å². The molecule has 1 fully saturated rings. The van der Waals surface area contributed by atoms with E-state index in [9.17, 15) is 0 Å². The molecule has 2 rings (SSSR count). The molecule has 1 aromatic carbocycles. The summed E-state index contributed by atoms with van der Waals surface area (Å²) in [6.45, 7) is 12.9. The normalized spacial score (nSPS) is 25.8. The van der Waals surface area contributed by atoms with Gasteiger partial charge in [-0.2, -0.15) is 0 Å². The van der Waals surface area contributed by atoms with Crippen molar-refractivity contribution in [1.29, 1.82) is 0 Å². The molecule has 3 nitrogen and oxygen atoms in total. The summed E-state index contributed by atoms with van der Waals surface area (Å²) in [7, 11) is 0. The molecular formula is C17H27BrN2O. The molecule has 1 aromatic rings. The van der Waals surface area contributed by atoms with Crippen LogP contribution in [-0.2, 0) is 0 Å². The van der Waals surface area contributed by atoms with Gasteiger partial charge >= 0.3 is 0 Å². The molecule has 0 bridgehead atoms. The first kappa shape index (κ1) is 16.8. The summed E-state index contributed by atoms with van der Waals surface area (Å²) >= 11 is 3.48. The summed E-state index contributed by atoms with van der Waals surface area (Å²) in [6, 6.07) is 8.04. The number of hydrogen-bond donors (Lipinski definition) is 1. The molecule has 1 aliphatic rings. The standard InChI is InChI=1S/C17H27BrN2O/c1-5-17(4)12-19-16(2,3)13-20(17)9-10-21-15-8-6-7-14(18)11-15/h6-8,11,19H,5,9-10,12-13H2,1-4H3. The van der Waals surface area contributed by atoms with Gasteiger partial charge < -0.3 is 10.1 Å². The molecule has 0 aromatic heterocycles. The first-order valence-electron chi connectivity index (χ1n) is 7.73. The average Bonchev–Trinajstić information content (AvgIpc) is 2.43. The highest BCUT2D eigenvalue weighted by Gasteiger charge is 2.39. The molecule has 0 spiro atoms. The molecule has 118 valence electrons. The number of halogens is 1. The van der Waals surface area contributed by atoms with Crippen LogP contribution in [0.25, 0.3) is 0 Å². The van der Waals surface area contributed by atoms with Gasteiger partial charge in [0.25, 0.3) is 0 Å². The van der Waals surface area contributed by atoms with Crippen LogP contribution in [0.3, 0.4) is 0 Å². The van der Waals surface area contributed by atoms with Crippen molar-refractivity contribution in [2.75, 3.05) is 26.2 Å². The predicted molar refractivity (Wildman–Crippen MR) is 92.0 cm³/mol. The number of nitrogens with zero attached hydrogens (tertiary/aromatic N) is 1. The van der Waals surface area contributed by atoms with E-state index in [2.05, 4.69) is 53.8 Å². The van der Waals surface area contributed by atoms with Gasteiger partial charge in [-0.3, -0.25) is 4.90 Å². The molecule has 0 aliphatic carbocycles. The Labute approximate surface area is 137 Å². The molecule has 4 heteroatoms. The predicted octanol–water partition coefficient (Wildman–Crippen LogP) is 3.68. The third kappa shape index (κ3) is 4.44. The maximum absolute atomic E-state index is 5.90. The highest BCUT2D eigenvalue weighted by Crippen LogP contribution is 2.26. The summed E-state index contributed by atoms with van der Waals surface area (Å²) in [4.78, 5) is 2.57. The second kappa shape index (κ2) is 6.67. The van der Waals surface area contributed by atoms with Crippen molar-refractivity contribution in [2.45, 2.75) is 45.2 Å². The molecule has 1 aliphatic heterocycles. The molecule has 1 saturated heterocycles. The molecule has 0 radical (unpaired) electrons. The summed E-state index contributed by atoms with van der Waals surface area (Å²) in [5.41, 5.74) is 0.389. The molecule has 0 saturated carbocycles. The van der Waals surface area contributed by atoms with Crippen molar-refractivity contribution < 1.29 is 4.74 Å². The third-order valence-corrected chi connectivity index (χ3v) is 4.98. The van der Waals surface area contributed by atoms with Crippen molar-refractivity contribution in [3.05, 3.63) is 28.7 Å². The summed E-state index contributed by atoms with van der Waals surface area (Å²) in [5, 5.41) is 3.66. The minimum absolute atomic E-state index is 0.171. The quantitative estimate of drug-likeness (QED) is 0.872. The van der Waals surface area contributed by atoms with Gasteiger partial charge in [-0.1, -0.05) is 28.9 Å². The van der Waals surface area contributed by atoms with Crippen LogP contribution in [0, 0.1) is 0 Å². The summed E-state index contributed by atoms with van der Waals surface area (Å²) in [5.74, 6) is 0.928. The van der Waals surface area contributed by atoms with Crippen LogP contribution in [-0.4, -0.2) is 42.2 Å². The molecule has 21 heavy (non-hydrogen) atoms. The smallest absolute Gasteiger partial charge is 0.120 e. The van der Waals surface area contributed by atoms with Crippen LogP contribution in [0.5, 0.6) is 5.75 Å². The van der Waals surface area contributed by atoms with Gasteiger partial charge in [0.15, 0.2) is 0 Å². The summed E-state index contributed by atoms with van der Waals surface area (Å²) < 4.78 is 6.96. The van der Waals surface area contributed by atoms with E-state index in [1.807, 2.05) is 24.3 Å². The Bertz CT molecular complexity index is 478. The van der Waals surface area contributed by atoms with Crippen molar-refractivity contribution in [1.82, 2.24) is 10.2 Å². The molecule has 1 heterocycles. The van der Waals surface area contributed by atoms with Crippen LogP contribution in [0.1, 0.15) is 34.1 Å². The Morgan fingerprint density at radius 2 is 2.10 bits per heavy atom. The second-order valence-electron chi connectivity index (χ2n) is 6.82. The van der Waals surface area contributed by atoms with E-state index in [0.29, 0.717) is 0 Å². The minimum Gasteiger partial charge on any atom is -0.492 e. The van der Waals surface area contributed by atoms with Crippen LogP contribution >= 0.6 is 15.9 Å². The number of nitrogens with one attached hydrogen (secondary N) is 1. The number of benzene rings is 1. The average molecular weight is 355 g/mol. The van der Waals surface area contributed by atoms with Gasteiger partial charge in [0.1, 0.15) is 12.4 Å². The second-order valence-corrected chi connectivity index (χ2v) is 7.73. The minimum atomic E-state index is 0.171. The fourth-order valence-electron chi connectivity index (χ4n) is 2.79. The van der Waals surface area contributed by atoms with Crippen LogP contribution in [0.2, 0.25) is 0 Å². The Morgan fingerprint density at radius 3 is 2.76 bits per heavy atom. The fraction of sp³-hybridized carbons (Fsp3) is 0.647. The van der Waals surface area contributed by atoms with E-state index in [1.165, 1.54) is 0 Å². The van der Waals surface area contributed by atoms with Crippen molar-refractivity contribution in [2.24, 2.45) is 0 Å². The molecular weight excluding hydrogens is 328 g/mol. The SMILES string of the molecule is CCC1(C)CNC(C)(C)CN1CCOc1cccc(Br)c1. The maximum Gasteiger partial charge on any atom is 0.120 e. The number of hydrogen-bond acceptors (Lipinski definition) is 3. The Kier molecular flexibility index (Phi) is 5.33. The monoisotopic (exact) mass is 354 g/mol. The zero-order valence-corrected chi connectivity index (χ0v) is 15.2. The van der Waals surface area contributed by atoms with Gasteiger partial charge in [-0.25, -0.2) is 0 Å². The van der Waals surface area contributed by atoms with Crippen molar-refractivity contribution in [3.63, 3.8) is 0 Å². The van der Waals surface area contributed by atoms with E-state index in [4.69, 9.17) is 4.74 Å². The lowest BCUT2D eigenvalue weighted by atomic mass is 9.88. The lowest BCUT2D eigenvalue weighted by molar-refractivity contribution is 0.0151. The summed E-state index contributed by atoms with van der Waals surface area (Å²) in [6.07, 6.45) is 1.15. The third-order valence-electron chi connectivity index (χ3n) is 4.49. The van der Waals surface area contributed by atoms with Crippen LogP contribution < -0.4 is 10.1 Å². The lowest BCUT2D eigenvalue weighted by Crippen LogP contribution is -2.67. The molecule has 1 unspecified atom stereocenters. The Morgan fingerprint density at radius 1 is 1.33 bits per heavy atom. The van der Waals surface area contributed by atoms with Crippen molar-refractivity contribution in [3.8, 4) is 5.75 Å². The Hall–Kier alpha value is -0.580. The molecule has 0 amide bonds. The van der Waals surface area contributed by atoms with Crippen LogP contribution in [0.15, 0.2) is 28.7 Å². The largest absolute Gasteiger partial charge is 0.492 e. The van der Waals surface area contributed by atoms with Crippen molar-refractivity contribution >= 4 is 15.9 Å². The lowest BCUT2D eigenvalue weighted by Gasteiger charge is -2.51. The van der Waals surface area contributed by atoms with Crippen LogP contribution in [0.4, 0.5) is 0 Å². The molecule has 1 N–H and O–H groups in total. The molecule has 1 atom stereocenters. The van der Waals surface area contributed by atoms with E-state index in [1.54, 1.807) is 0 Å². The first-order valence-corrected chi connectivity index (χ1v) is 8.52. The van der Waals surface area contributed by atoms with Gasteiger partial charge in [0.05, 0.1) is 0 Å². The highest BCUT2D eigenvalue weighted by atomic mass is 79.9.